The molecule has 4 unspecified atom stereocenters. The van der Waals surface area contributed by atoms with Crippen LogP contribution in [0.15, 0.2) is 36.4 Å². The van der Waals surface area contributed by atoms with Crippen molar-refractivity contribution in [2.45, 2.75) is 173 Å². The second kappa shape index (κ2) is 21.7. The van der Waals surface area contributed by atoms with Crippen LogP contribution < -0.4 is 19.3 Å². The number of carbonyl (C=O) groups is 4. The molecule has 18 nitrogen and oxygen atoms in total. The summed E-state index contributed by atoms with van der Waals surface area (Å²) in [5, 5.41) is 0. The van der Waals surface area contributed by atoms with Crippen molar-refractivity contribution in [3.05, 3.63) is 47.5 Å². The van der Waals surface area contributed by atoms with Crippen molar-refractivity contribution in [3.8, 4) is 11.5 Å². The van der Waals surface area contributed by atoms with Crippen LogP contribution in [0.5, 0.6) is 11.5 Å². The van der Waals surface area contributed by atoms with E-state index < -0.39 is 72.7 Å². The molecule has 4 amide bonds. The maximum Gasteiger partial charge on any atom is 0.417 e. The summed E-state index contributed by atoms with van der Waals surface area (Å²) < 4.78 is 62.1. The first-order valence-electron chi connectivity index (χ1n) is 24.8. The molecular formula is C51H72N4O14. The van der Waals surface area contributed by atoms with E-state index in [4.69, 9.17) is 47.4 Å². The Morgan fingerprint density at radius 3 is 1.38 bits per heavy atom. The van der Waals surface area contributed by atoms with E-state index in [1.54, 1.807) is 87.7 Å². The van der Waals surface area contributed by atoms with Crippen molar-refractivity contribution in [1.82, 2.24) is 9.80 Å². The highest BCUT2D eigenvalue weighted by molar-refractivity contribution is 6.06. The molecule has 4 saturated heterocycles. The number of anilines is 2. The van der Waals surface area contributed by atoms with Crippen molar-refractivity contribution >= 4 is 35.4 Å². The molecule has 8 atom stereocenters. The lowest BCUT2D eigenvalue weighted by molar-refractivity contribution is -0.202. The maximum absolute atomic E-state index is 14.4. The van der Waals surface area contributed by atoms with Gasteiger partial charge < -0.3 is 57.2 Å². The maximum atomic E-state index is 14.4. The molecule has 69 heavy (non-hydrogen) atoms. The number of methoxy groups -OCH3 is 2. The average Bonchev–Trinajstić information content (AvgIpc) is 3.89. The molecule has 380 valence electrons. The van der Waals surface area contributed by atoms with E-state index in [9.17, 15) is 19.2 Å². The van der Waals surface area contributed by atoms with Gasteiger partial charge in [-0.15, -0.1) is 0 Å². The van der Waals surface area contributed by atoms with Gasteiger partial charge in [-0.2, -0.15) is 0 Å². The van der Waals surface area contributed by atoms with Gasteiger partial charge in [-0.25, -0.2) is 19.4 Å². The summed E-state index contributed by atoms with van der Waals surface area (Å²) in [6.45, 7) is 13.5. The molecular weight excluding hydrogens is 893 g/mol. The molecule has 0 aliphatic carbocycles. The molecule has 6 aliphatic rings. The first-order chi connectivity index (χ1) is 33.0. The number of hydrogen-bond donors (Lipinski definition) is 0. The predicted octanol–water partition coefficient (Wildman–Crippen LogP) is 8.02. The molecule has 2 aromatic rings. The van der Waals surface area contributed by atoms with Crippen molar-refractivity contribution in [1.29, 1.82) is 0 Å². The molecule has 8 rings (SSSR count). The van der Waals surface area contributed by atoms with Gasteiger partial charge in [0.1, 0.15) is 34.8 Å². The summed E-state index contributed by atoms with van der Waals surface area (Å²) in [6, 6.07) is 8.83. The monoisotopic (exact) mass is 965 g/mol. The van der Waals surface area contributed by atoms with Crippen molar-refractivity contribution in [2.24, 2.45) is 0 Å². The minimum absolute atomic E-state index is 0.234. The summed E-state index contributed by atoms with van der Waals surface area (Å²) in [6.07, 6.45) is 2.76. The van der Waals surface area contributed by atoms with Crippen LogP contribution in [0.3, 0.4) is 0 Å². The van der Waals surface area contributed by atoms with Crippen LogP contribution in [0.4, 0.5) is 21.0 Å². The number of rotatable bonds is 14. The number of amides is 4. The first-order valence-corrected chi connectivity index (χ1v) is 24.8. The van der Waals surface area contributed by atoms with Gasteiger partial charge in [0, 0.05) is 51.6 Å². The highest BCUT2D eigenvalue weighted by atomic mass is 16.7. The molecule has 4 fully saturated rings. The number of nitrogens with zero attached hydrogens (tertiary/aromatic N) is 4. The van der Waals surface area contributed by atoms with Crippen LogP contribution in [0.2, 0.25) is 0 Å². The van der Waals surface area contributed by atoms with E-state index in [1.807, 2.05) is 0 Å². The summed E-state index contributed by atoms with van der Waals surface area (Å²) in [7, 11) is 3.08. The predicted molar refractivity (Wildman–Crippen MR) is 253 cm³/mol. The van der Waals surface area contributed by atoms with Crippen molar-refractivity contribution in [3.63, 3.8) is 0 Å². The second-order valence-electron chi connectivity index (χ2n) is 20.5. The van der Waals surface area contributed by atoms with Crippen LogP contribution in [0.25, 0.3) is 0 Å². The lowest BCUT2D eigenvalue weighted by atomic mass is 10.1. The van der Waals surface area contributed by atoms with Gasteiger partial charge in [-0.1, -0.05) is 0 Å². The number of fused-ring (bicyclic) bond motifs is 4. The summed E-state index contributed by atoms with van der Waals surface area (Å²) in [4.78, 5) is 64.0. The van der Waals surface area contributed by atoms with Crippen LogP contribution in [-0.2, 0) is 37.9 Å². The third kappa shape index (κ3) is 11.6. The third-order valence-electron chi connectivity index (χ3n) is 13.3. The molecule has 0 radical (unpaired) electrons. The normalized spacial score (nSPS) is 27.2. The molecule has 0 N–H and O–H groups in total. The van der Waals surface area contributed by atoms with Crippen LogP contribution in [0.1, 0.15) is 133 Å². The largest absolute Gasteiger partial charge is 0.497 e. The zero-order valence-corrected chi connectivity index (χ0v) is 41.6. The van der Waals surface area contributed by atoms with Crippen molar-refractivity contribution in [2.75, 3.05) is 63.5 Å². The average molecular weight is 965 g/mol. The van der Waals surface area contributed by atoms with Gasteiger partial charge >= 0.3 is 12.2 Å². The van der Waals surface area contributed by atoms with Gasteiger partial charge in [-0.05, 0) is 136 Å². The van der Waals surface area contributed by atoms with Gasteiger partial charge in [0.25, 0.3) is 11.8 Å². The Bertz CT molecular complexity index is 1980. The lowest BCUT2D eigenvalue weighted by Crippen LogP contribution is -2.58. The number of carbonyl (C=O) groups excluding carboxylic acids is 4. The van der Waals surface area contributed by atoms with E-state index >= 15 is 0 Å². The minimum Gasteiger partial charge on any atom is -0.497 e. The van der Waals surface area contributed by atoms with Crippen molar-refractivity contribution < 1.29 is 66.5 Å². The Hall–Kier alpha value is -4.72. The number of benzene rings is 2. The second-order valence-corrected chi connectivity index (χ2v) is 20.5. The van der Waals surface area contributed by atoms with Crippen LogP contribution >= 0.6 is 0 Å². The van der Waals surface area contributed by atoms with E-state index in [1.165, 1.54) is 24.0 Å². The van der Waals surface area contributed by atoms with Gasteiger partial charge in [-0.3, -0.25) is 9.59 Å². The first kappa shape index (κ1) is 50.7. The summed E-state index contributed by atoms with van der Waals surface area (Å²) >= 11 is 0. The number of unbranched alkanes of at least 4 members (excludes halogenated alkanes) is 2. The quantitative estimate of drug-likeness (QED) is 0.167. The van der Waals surface area contributed by atoms with Gasteiger partial charge in [0.05, 0.1) is 48.9 Å². The van der Waals surface area contributed by atoms with Gasteiger partial charge in [0.2, 0.25) is 0 Å². The highest BCUT2D eigenvalue weighted by Crippen LogP contribution is 2.43. The van der Waals surface area contributed by atoms with Crippen LogP contribution in [0, 0.1) is 0 Å². The Labute approximate surface area is 406 Å². The molecule has 2 aromatic carbocycles. The van der Waals surface area contributed by atoms with E-state index in [2.05, 4.69) is 0 Å². The fourth-order valence-corrected chi connectivity index (χ4v) is 10.1. The smallest absolute Gasteiger partial charge is 0.417 e. The molecule has 0 saturated carbocycles. The third-order valence-corrected chi connectivity index (χ3v) is 13.3. The number of ether oxygens (including phenoxy) is 10. The highest BCUT2D eigenvalue weighted by Gasteiger charge is 2.54. The molecule has 0 spiro atoms. The van der Waals surface area contributed by atoms with Gasteiger partial charge in [0.15, 0.2) is 25.0 Å². The summed E-state index contributed by atoms with van der Waals surface area (Å²) in [5.41, 5.74) is -0.323. The molecule has 0 aromatic heterocycles. The minimum atomic E-state index is -0.985. The summed E-state index contributed by atoms with van der Waals surface area (Å²) in [5.74, 6) is 0.489. The molecule has 6 aliphatic heterocycles. The molecule has 18 heteroatoms. The zero-order chi connectivity index (χ0) is 49.0. The van der Waals surface area contributed by atoms with E-state index in [0.29, 0.717) is 112 Å². The van der Waals surface area contributed by atoms with E-state index in [-0.39, 0.29) is 11.8 Å². The lowest BCUT2D eigenvalue weighted by Gasteiger charge is -2.40. The SMILES string of the molecule is COc1ccc2c(c1)N(C(=O)OC(C)(C)C)[C@@H](OC1CCCCO1)[C@@H]1C(OCCCCCOC3CCN4C(=O)c5ccc(OC)cc5N(C(=O)OC(C)(C)C)[C@@H](OC5CCCCO5)[C@H]34)CCN1C2=O. The zero-order valence-electron chi connectivity index (χ0n) is 41.6. The Balaban J connectivity index is 0.958. The molecule has 6 heterocycles. The fourth-order valence-electron chi connectivity index (χ4n) is 10.1. The topological polar surface area (TPSA) is 174 Å². The Morgan fingerprint density at radius 1 is 0.594 bits per heavy atom. The fraction of sp³-hybridized carbons (Fsp3) is 0.686. The van der Waals surface area contributed by atoms with E-state index in [0.717, 1.165) is 32.1 Å². The Morgan fingerprint density at radius 2 is 1.01 bits per heavy atom. The number of hydrogen-bond acceptors (Lipinski definition) is 14. The molecule has 0 bridgehead atoms. The standard InChI is InChI=1S/C51H72N4O14/c1-50(2,3)68-48(58)54-36-30-32(60-7)18-20-34(36)44(56)52-24-22-38(42(52)46(54)66-40-16-10-14-28-64-40)62-26-12-9-13-27-63-39-23-25-53-43(39)47(67-41-17-11-15-29-65-41)55(49(59)69-51(4,5)6)37-31-33(61-8)19-21-35(37)45(53)57/h18-21,30-31,38-43,46-47H,9-17,22-29H2,1-8H3/t38?,39?,40?,41?,42-,43-,46-,47-/m0/s1. The Kier molecular flexibility index (Phi) is 16.0. The van der Waals surface area contributed by atoms with Crippen LogP contribution in [-0.4, -0.2) is 148 Å².